The molecule has 0 radical (unpaired) electrons. The van der Waals surface area contributed by atoms with E-state index in [1.807, 2.05) is 12.1 Å². The molecule has 2 aromatic rings. The van der Waals surface area contributed by atoms with Crippen LogP contribution in [0.25, 0.3) is 0 Å². The number of fused-ring (bicyclic) bond motifs is 1. The zero-order chi connectivity index (χ0) is 15.1. The number of hydrogen-bond acceptors (Lipinski definition) is 3. The fraction of sp³-hybridized carbons (Fsp3) is 0.529. The summed E-state index contributed by atoms with van der Waals surface area (Å²) >= 11 is 6.02. The molecule has 22 heavy (non-hydrogen) atoms. The number of rotatable bonds is 4. The number of benzene rings is 1. The third-order valence-corrected chi connectivity index (χ3v) is 5.09. The molecule has 0 N–H and O–H groups in total. The van der Waals surface area contributed by atoms with Gasteiger partial charge in [0, 0.05) is 30.1 Å². The van der Waals surface area contributed by atoms with Crippen LogP contribution in [0.1, 0.15) is 55.4 Å². The van der Waals surface area contributed by atoms with Gasteiger partial charge in [-0.15, -0.1) is 10.2 Å². The first-order chi connectivity index (χ1) is 10.8. The van der Waals surface area contributed by atoms with Crippen LogP contribution in [0.2, 0.25) is 5.02 Å². The maximum atomic E-state index is 6.02. The van der Waals surface area contributed by atoms with E-state index in [1.165, 1.54) is 24.2 Å². The summed E-state index contributed by atoms with van der Waals surface area (Å²) in [5.74, 6) is 3.01. The molecule has 1 aliphatic carbocycles. The SMILES string of the molecule is CCC(c1ccc(Cl)cc1)N1CCn2c(nnc2C2CC2)C1. The Morgan fingerprint density at radius 2 is 1.95 bits per heavy atom. The van der Waals surface area contributed by atoms with Gasteiger partial charge in [-0.1, -0.05) is 30.7 Å². The molecule has 116 valence electrons. The van der Waals surface area contributed by atoms with E-state index in [0.29, 0.717) is 12.0 Å². The first-order valence-electron chi connectivity index (χ1n) is 8.17. The van der Waals surface area contributed by atoms with E-state index in [-0.39, 0.29) is 0 Å². The Labute approximate surface area is 136 Å². The van der Waals surface area contributed by atoms with E-state index in [2.05, 4.69) is 38.7 Å². The van der Waals surface area contributed by atoms with Crippen LogP contribution in [0.3, 0.4) is 0 Å². The zero-order valence-electron chi connectivity index (χ0n) is 12.9. The van der Waals surface area contributed by atoms with Gasteiger partial charge in [-0.2, -0.15) is 0 Å². The summed E-state index contributed by atoms with van der Waals surface area (Å²) < 4.78 is 2.35. The van der Waals surface area contributed by atoms with Crippen LogP contribution in [0, 0.1) is 0 Å². The van der Waals surface area contributed by atoms with E-state index in [0.717, 1.165) is 36.9 Å². The fourth-order valence-electron chi connectivity index (χ4n) is 3.50. The van der Waals surface area contributed by atoms with E-state index < -0.39 is 0 Å². The van der Waals surface area contributed by atoms with Crippen molar-refractivity contribution in [2.24, 2.45) is 0 Å². The molecule has 5 heteroatoms. The third kappa shape index (κ3) is 2.55. The zero-order valence-corrected chi connectivity index (χ0v) is 13.6. The lowest BCUT2D eigenvalue weighted by atomic mass is 10.0. The lowest BCUT2D eigenvalue weighted by Gasteiger charge is -2.34. The highest BCUT2D eigenvalue weighted by Gasteiger charge is 2.33. The van der Waals surface area contributed by atoms with Crippen molar-refractivity contribution < 1.29 is 0 Å². The Kier molecular flexibility index (Phi) is 3.66. The van der Waals surface area contributed by atoms with Gasteiger partial charge < -0.3 is 4.57 Å². The standard InChI is InChI=1S/C17H21ClN4/c1-2-15(12-5-7-14(18)8-6-12)21-9-10-22-16(11-21)19-20-17(22)13-3-4-13/h5-8,13,15H,2-4,9-11H2,1H3. The highest BCUT2D eigenvalue weighted by atomic mass is 35.5. The molecule has 1 unspecified atom stereocenters. The summed E-state index contributed by atoms with van der Waals surface area (Å²) in [5, 5.41) is 9.67. The van der Waals surface area contributed by atoms with Crippen molar-refractivity contribution >= 4 is 11.6 Å². The van der Waals surface area contributed by atoms with Gasteiger partial charge in [0.05, 0.1) is 6.54 Å². The minimum atomic E-state index is 0.423. The predicted octanol–water partition coefficient (Wildman–Crippen LogP) is 3.78. The molecule has 0 spiro atoms. The van der Waals surface area contributed by atoms with Crippen LogP contribution in [0.4, 0.5) is 0 Å². The van der Waals surface area contributed by atoms with Gasteiger partial charge in [0.25, 0.3) is 0 Å². The van der Waals surface area contributed by atoms with Crippen molar-refractivity contribution in [3.63, 3.8) is 0 Å². The van der Waals surface area contributed by atoms with Crippen LogP contribution in [-0.4, -0.2) is 26.2 Å². The van der Waals surface area contributed by atoms with Crippen molar-refractivity contribution in [3.8, 4) is 0 Å². The molecule has 2 heterocycles. The van der Waals surface area contributed by atoms with Gasteiger partial charge in [-0.3, -0.25) is 4.90 Å². The summed E-state index contributed by atoms with van der Waals surface area (Å²) in [6, 6.07) is 8.68. The van der Waals surface area contributed by atoms with E-state index in [1.54, 1.807) is 0 Å². The molecule has 2 aliphatic rings. The second-order valence-electron chi connectivity index (χ2n) is 6.35. The van der Waals surface area contributed by atoms with Gasteiger partial charge in [0.1, 0.15) is 11.6 Å². The van der Waals surface area contributed by atoms with E-state index in [4.69, 9.17) is 11.6 Å². The number of nitrogens with zero attached hydrogens (tertiary/aromatic N) is 4. The lowest BCUT2D eigenvalue weighted by molar-refractivity contribution is 0.147. The van der Waals surface area contributed by atoms with Gasteiger partial charge in [0.15, 0.2) is 0 Å². The average Bonchev–Trinajstić information content (AvgIpc) is 3.29. The number of hydrogen-bond donors (Lipinski definition) is 0. The Balaban J connectivity index is 1.56. The van der Waals surface area contributed by atoms with Gasteiger partial charge in [-0.25, -0.2) is 0 Å². The smallest absolute Gasteiger partial charge is 0.147 e. The van der Waals surface area contributed by atoms with Crippen LogP contribution in [0.5, 0.6) is 0 Å². The second kappa shape index (κ2) is 5.67. The minimum absolute atomic E-state index is 0.423. The molecule has 1 atom stereocenters. The molecule has 1 aromatic heterocycles. The molecular weight excluding hydrogens is 296 g/mol. The van der Waals surface area contributed by atoms with Crippen molar-refractivity contribution in [3.05, 3.63) is 46.5 Å². The Bertz CT molecular complexity index is 660. The summed E-state index contributed by atoms with van der Waals surface area (Å²) in [6.07, 6.45) is 3.65. The lowest BCUT2D eigenvalue weighted by Crippen LogP contribution is -2.37. The predicted molar refractivity (Wildman–Crippen MR) is 86.9 cm³/mol. The largest absolute Gasteiger partial charge is 0.312 e. The topological polar surface area (TPSA) is 34.0 Å². The molecular formula is C17H21ClN4. The average molecular weight is 317 g/mol. The first kappa shape index (κ1) is 14.2. The Morgan fingerprint density at radius 3 is 2.64 bits per heavy atom. The van der Waals surface area contributed by atoms with Crippen LogP contribution < -0.4 is 0 Å². The van der Waals surface area contributed by atoms with Crippen molar-refractivity contribution in [2.75, 3.05) is 6.54 Å². The maximum absolute atomic E-state index is 6.02. The molecule has 0 amide bonds. The van der Waals surface area contributed by atoms with Gasteiger partial charge in [-0.05, 0) is 37.0 Å². The second-order valence-corrected chi connectivity index (χ2v) is 6.78. The number of halogens is 1. The van der Waals surface area contributed by atoms with Gasteiger partial charge >= 0.3 is 0 Å². The van der Waals surface area contributed by atoms with E-state index in [9.17, 15) is 0 Å². The fourth-order valence-corrected chi connectivity index (χ4v) is 3.62. The summed E-state index contributed by atoms with van der Waals surface area (Å²) in [6.45, 7) is 5.21. The van der Waals surface area contributed by atoms with Crippen LogP contribution in [0.15, 0.2) is 24.3 Å². The molecule has 1 fully saturated rings. The maximum Gasteiger partial charge on any atom is 0.147 e. The summed E-state index contributed by atoms with van der Waals surface area (Å²) in [5.41, 5.74) is 1.34. The summed E-state index contributed by atoms with van der Waals surface area (Å²) in [4.78, 5) is 2.52. The third-order valence-electron chi connectivity index (χ3n) is 4.84. The summed E-state index contributed by atoms with van der Waals surface area (Å²) in [7, 11) is 0. The molecule has 0 bridgehead atoms. The number of aromatic nitrogens is 3. The molecule has 1 aliphatic heterocycles. The highest BCUT2D eigenvalue weighted by molar-refractivity contribution is 6.30. The molecule has 4 rings (SSSR count). The van der Waals surface area contributed by atoms with Crippen molar-refractivity contribution in [1.29, 1.82) is 0 Å². The minimum Gasteiger partial charge on any atom is -0.312 e. The quantitative estimate of drug-likeness (QED) is 0.861. The van der Waals surface area contributed by atoms with Crippen molar-refractivity contribution in [1.82, 2.24) is 19.7 Å². The highest BCUT2D eigenvalue weighted by Crippen LogP contribution is 2.40. The molecule has 1 aromatic carbocycles. The Morgan fingerprint density at radius 1 is 1.18 bits per heavy atom. The molecule has 1 saturated carbocycles. The first-order valence-corrected chi connectivity index (χ1v) is 8.55. The van der Waals surface area contributed by atoms with Gasteiger partial charge in [0.2, 0.25) is 0 Å². The molecule has 0 saturated heterocycles. The van der Waals surface area contributed by atoms with Crippen LogP contribution in [-0.2, 0) is 13.1 Å². The Hall–Kier alpha value is -1.39. The van der Waals surface area contributed by atoms with Crippen molar-refractivity contribution in [2.45, 2.75) is 51.2 Å². The molecule has 4 nitrogen and oxygen atoms in total. The monoisotopic (exact) mass is 316 g/mol. The van der Waals surface area contributed by atoms with E-state index >= 15 is 0 Å². The van der Waals surface area contributed by atoms with Crippen LogP contribution >= 0.6 is 11.6 Å². The normalized spacial score (nSPS) is 19.9.